The Morgan fingerprint density at radius 2 is 1.41 bits per heavy atom. The van der Waals surface area contributed by atoms with E-state index >= 15 is 0 Å². The Hall–Kier alpha value is -2.40. The number of carbonyl (C=O) groups excluding carboxylic acids is 1. The quantitative estimate of drug-likeness (QED) is 0.537. The van der Waals surface area contributed by atoms with Crippen LogP contribution in [0.25, 0.3) is 11.1 Å². The lowest BCUT2D eigenvalue weighted by Gasteiger charge is -2.01. The van der Waals surface area contributed by atoms with Gasteiger partial charge in [-0.05, 0) is 41.3 Å². The predicted octanol–water partition coefficient (Wildman–Crippen LogP) is 3.04. The van der Waals surface area contributed by atoms with Crippen molar-refractivity contribution in [1.82, 2.24) is 0 Å². The number of carbonyl (C=O) groups is 1. The Morgan fingerprint density at radius 1 is 0.882 bits per heavy atom. The summed E-state index contributed by atoms with van der Waals surface area (Å²) >= 11 is 0. The number of aldehydes is 1. The van der Waals surface area contributed by atoms with Crippen molar-refractivity contribution in [3.63, 3.8) is 0 Å². The van der Waals surface area contributed by atoms with Crippen molar-refractivity contribution in [2.45, 2.75) is 0 Å². The molecule has 0 aliphatic heterocycles. The molecular weight excluding hydrogens is 215 g/mol. The fourth-order valence-electron chi connectivity index (χ4n) is 1.50. The van der Waals surface area contributed by atoms with Crippen LogP contribution in [-0.4, -0.2) is 6.29 Å². The van der Waals surface area contributed by atoms with Gasteiger partial charge in [-0.2, -0.15) is 0 Å². The fraction of sp³-hybridized carbons (Fsp3) is 0. The summed E-state index contributed by atoms with van der Waals surface area (Å²) < 4.78 is 12.8. The van der Waals surface area contributed by atoms with E-state index in [0.29, 0.717) is 6.29 Å². The smallest absolute Gasteiger partial charge is 0.193 e. The zero-order valence-corrected chi connectivity index (χ0v) is 8.98. The molecule has 0 radical (unpaired) electrons. The minimum atomic E-state index is -0.248. The molecule has 0 heterocycles. The van der Waals surface area contributed by atoms with Crippen LogP contribution in [0.3, 0.4) is 0 Å². The molecule has 0 saturated carbocycles. The van der Waals surface area contributed by atoms with Gasteiger partial charge in [0.15, 0.2) is 6.29 Å². The van der Waals surface area contributed by atoms with Gasteiger partial charge in [0, 0.05) is 5.56 Å². The monoisotopic (exact) mass is 224 g/mol. The molecule has 2 rings (SSSR count). The minimum absolute atomic E-state index is 0.248. The zero-order chi connectivity index (χ0) is 12.1. The van der Waals surface area contributed by atoms with Gasteiger partial charge in [-0.25, -0.2) is 4.39 Å². The summed E-state index contributed by atoms with van der Waals surface area (Å²) in [6.07, 6.45) is 0.563. The summed E-state index contributed by atoms with van der Waals surface area (Å²) in [4.78, 5) is 10.1. The zero-order valence-electron chi connectivity index (χ0n) is 8.98. The number of benzene rings is 2. The van der Waals surface area contributed by atoms with Crippen LogP contribution in [0.5, 0.6) is 0 Å². The molecule has 0 aromatic heterocycles. The van der Waals surface area contributed by atoms with Crippen LogP contribution < -0.4 is 0 Å². The molecule has 1 nitrogen and oxygen atoms in total. The second kappa shape index (κ2) is 5.09. The summed E-state index contributed by atoms with van der Waals surface area (Å²) in [5.74, 6) is 4.81. The normalized spacial score (nSPS) is 9.24. The number of hydrogen-bond donors (Lipinski definition) is 0. The molecule has 2 aromatic carbocycles. The van der Waals surface area contributed by atoms with Crippen molar-refractivity contribution >= 4 is 6.29 Å². The molecule has 0 spiro atoms. The van der Waals surface area contributed by atoms with Crippen molar-refractivity contribution in [2.75, 3.05) is 0 Å². The van der Waals surface area contributed by atoms with Crippen molar-refractivity contribution in [1.29, 1.82) is 0 Å². The maximum atomic E-state index is 12.8. The van der Waals surface area contributed by atoms with E-state index in [4.69, 9.17) is 0 Å². The van der Waals surface area contributed by atoms with Gasteiger partial charge in [0.2, 0.25) is 0 Å². The van der Waals surface area contributed by atoms with E-state index in [1.54, 1.807) is 12.1 Å². The lowest BCUT2D eigenvalue weighted by molar-refractivity contribution is -0.103. The molecule has 0 saturated heterocycles. The fourth-order valence-corrected chi connectivity index (χ4v) is 1.50. The molecule has 17 heavy (non-hydrogen) atoms. The van der Waals surface area contributed by atoms with Crippen LogP contribution >= 0.6 is 0 Å². The van der Waals surface area contributed by atoms with Crippen molar-refractivity contribution in [2.24, 2.45) is 0 Å². The van der Waals surface area contributed by atoms with E-state index < -0.39 is 0 Å². The molecule has 0 N–H and O–H groups in total. The predicted molar refractivity (Wildman–Crippen MR) is 64.8 cm³/mol. The first kappa shape index (κ1) is 11.1. The first-order valence-corrected chi connectivity index (χ1v) is 5.11. The standard InChI is InChI=1S/C15H9FO/c16-15-9-7-14(8-10-15)13-5-3-12(4-6-13)2-1-11-17/h3-11H. The summed E-state index contributed by atoms with van der Waals surface area (Å²) in [7, 11) is 0. The van der Waals surface area contributed by atoms with Gasteiger partial charge in [-0.15, -0.1) is 0 Å². The van der Waals surface area contributed by atoms with E-state index in [1.165, 1.54) is 12.1 Å². The summed E-state index contributed by atoms with van der Waals surface area (Å²) in [5.41, 5.74) is 2.71. The molecule has 2 heteroatoms. The molecule has 82 valence electrons. The topological polar surface area (TPSA) is 17.1 Å². The molecule has 0 amide bonds. The Bertz CT molecular complexity index is 571. The minimum Gasteiger partial charge on any atom is -0.289 e. The Balaban J connectivity index is 2.29. The SMILES string of the molecule is O=CC#Cc1ccc(-c2ccc(F)cc2)cc1. The molecule has 0 fully saturated rings. The number of hydrogen-bond acceptors (Lipinski definition) is 1. The third kappa shape index (κ3) is 2.79. The molecule has 0 unspecified atom stereocenters. The highest BCUT2D eigenvalue weighted by molar-refractivity contribution is 5.74. The third-order valence-corrected chi connectivity index (χ3v) is 2.34. The lowest BCUT2D eigenvalue weighted by atomic mass is 10.0. The highest BCUT2D eigenvalue weighted by Gasteiger charge is 1.97. The largest absolute Gasteiger partial charge is 0.289 e. The van der Waals surface area contributed by atoms with Gasteiger partial charge >= 0.3 is 0 Å². The Kier molecular flexibility index (Phi) is 3.32. The van der Waals surface area contributed by atoms with Crippen molar-refractivity contribution < 1.29 is 9.18 Å². The maximum absolute atomic E-state index is 12.8. The molecule has 0 aliphatic rings. The third-order valence-electron chi connectivity index (χ3n) is 2.34. The van der Waals surface area contributed by atoms with Gasteiger partial charge in [-0.1, -0.05) is 30.2 Å². The van der Waals surface area contributed by atoms with Crippen LogP contribution in [-0.2, 0) is 4.79 Å². The highest BCUT2D eigenvalue weighted by atomic mass is 19.1. The first-order valence-electron chi connectivity index (χ1n) is 5.11. The van der Waals surface area contributed by atoms with Gasteiger partial charge < -0.3 is 0 Å². The van der Waals surface area contributed by atoms with Gasteiger partial charge in [0.25, 0.3) is 0 Å². The van der Waals surface area contributed by atoms with Crippen molar-refractivity contribution in [3.8, 4) is 23.0 Å². The molecule has 0 atom stereocenters. The number of rotatable bonds is 1. The average Bonchev–Trinajstić information content (AvgIpc) is 2.38. The molecule has 0 aliphatic carbocycles. The highest BCUT2D eigenvalue weighted by Crippen LogP contribution is 2.19. The lowest BCUT2D eigenvalue weighted by Crippen LogP contribution is -1.80. The van der Waals surface area contributed by atoms with Crippen LogP contribution in [0.1, 0.15) is 5.56 Å². The molecule has 2 aromatic rings. The van der Waals surface area contributed by atoms with E-state index in [-0.39, 0.29) is 5.82 Å². The van der Waals surface area contributed by atoms with Gasteiger partial charge in [-0.3, -0.25) is 4.79 Å². The number of halogens is 1. The van der Waals surface area contributed by atoms with E-state index in [9.17, 15) is 9.18 Å². The van der Waals surface area contributed by atoms with Crippen LogP contribution in [0, 0.1) is 17.7 Å². The van der Waals surface area contributed by atoms with Crippen molar-refractivity contribution in [3.05, 3.63) is 59.9 Å². The molecule has 0 bridgehead atoms. The second-order valence-corrected chi connectivity index (χ2v) is 3.47. The maximum Gasteiger partial charge on any atom is 0.193 e. The second-order valence-electron chi connectivity index (χ2n) is 3.47. The van der Waals surface area contributed by atoms with Crippen LogP contribution in [0.4, 0.5) is 4.39 Å². The van der Waals surface area contributed by atoms with E-state index in [1.807, 2.05) is 24.3 Å². The van der Waals surface area contributed by atoms with Crippen LogP contribution in [0.15, 0.2) is 48.5 Å². The Morgan fingerprint density at radius 3 is 1.94 bits per heavy atom. The summed E-state index contributed by atoms with van der Waals surface area (Å²) in [6, 6.07) is 13.7. The van der Waals surface area contributed by atoms with E-state index in [0.717, 1.165) is 16.7 Å². The molecular formula is C15H9FO. The first-order chi connectivity index (χ1) is 8.29. The van der Waals surface area contributed by atoms with Crippen LogP contribution in [0.2, 0.25) is 0 Å². The van der Waals surface area contributed by atoms with Gasteiger partial charge in [0.1, 0.15) is 5.82 Å². The average molecular weight is 224 g/mol. The Labute approximate surface area is 98.9 Å². The summed E-state index contributed by atoms with van der Waals surface area (Å²) in [6.45, 7) is 0. The summed E-state index contributed by atoms with van der Waals surface area (Å²) in [5, 5.41) is 0. The van der Waals surface area contributed by atoms with Gasteiger partial charge in [0.05, 0.1) is 0 Å². The van der Waals surface area contributed by atoms with E-state index in [2.05, 4.69) is 11.8 Å².